The minimum atomic E-state index is -2.96. The van der Waals surface area contributed by atoms with Crippen LogP contribution in [-0.4, -0.2) is 24.7 Å². The molecule has 2 unspecified atom stereocenters. The molecule has 3 rings (SSSR count). The summed E-state index contributed by atoms with van der Waals surface area (Å²) < 4.78 is 24.2. The van der Waals surface area contributed by atoms with Crippen molar-refractivity contribution >= 4 is 15.6 Å². The van der Waals surface area contributed by atoms with Crippen molar-refractivity contribution in [2.24, 2.45) is 5.92 Å². The second-order valence-electron chi connectivity index (χ2n) is 7.77. The number of ketones is 1. The second kappa shape index (κ2) is 5.19. The maximum Gasteiger partial charge on any atom is 0.166 e. The Morgan fingerprint density at radius 3 is 1.95 bits per heavy atom. The minimum absolute atomic E-state index is 0.0691. The molecule has 2 heterocycles. The van der Waals surface area contributed by atoms with Gasteiger partial charge in [0.1, 0.15) is 0 Å². The highest BCUT2D eigenvalue weighted by Gasteiger charge is 2.48. The molecule has 2 fully saturated rings. The predicted octanol–water partition coefficient (Wildman–Crippen LogP) is 3.52. The van der Waals surface area contributed by atoms with E-state index in [1.165, 1.54) is 5.56 Å². The lowest BCUT2D eigenvalue weighted by atomic mass is 9.85. The molecule has 4 heteroatoms. The molecule has 2 aliphatic heterocycles. The van der Waals surface area contributed by atoms with E-state index in [9.17, 15) is 13.2 Å². The van der Waals surface area contributed by atoms with Crippen molar-refractivity contribution < 1.29 is 13.2 Å². The van der Waals surface area contributed by atoms with Crippen LogP contribution in [0.25, 0.3) is 0 Å². The van der Waals surface area contributed by atoms with Crippen LogP contribution in [0.4, 0.5) is 0 Å². The third-order valence-corrected chi connectivity index (χ3v) is 7.96. The Kier molecular flexibility index (Phi) is 3.71. The molecule has 0 aliphatic carbocycles. The van der Waals surface area contributed by atoms with Gasteiger partial charge in [0.2, 0.25) is 0 Å². The maximum atomic E-state index is 12.7. The minimum Gasteiger partial charge on any atom is -0.294 e. The van der Waals surface area contributed by atoms with Crippen LogP contribution in [0.1, 0.15) is 62.4 Å². The average Bonchev–Trinajstić information content (AvgIpc) is 2.66. The number of hydrogen-bond acceptors (Lipinski definition) is 3. The van der Waals surface area contributed by atoms with E-state index in [0.717, 1.165) is 18.4 Å². The molecule has 0 N–H and O–H groups in total. The molecule has 2 aliphatic rings. The molecule has 120 valence electrons. The number of hydrogen-bond donors (Lipinski definition) is 0. The van der Waals surface area contributed by atoms with E-state index in [0.29, 0.717) is 12.8 Å². The van der Waals surface area contributed by atoms with E-state index in [1.54, 1.807) is 0 Å². The van der Waals surface area contributed by atoms with Crippen LogP contribution < -0.4 is 0 Å². The quantitative estimate of drug-likeness (QED) is 0.783. The van der Waals surface area contributed by atoms with Gasteiger partial charge in [-0.25, -0.2) is 8.42 Å². The van der Waals surface area contributed by atoms with Crippen LogP contribution in [0.5, 0.6) is 0 Å². The zero-order chi connectivity index (χ0) is 16.1. The largest absolute Gasteiger partial charge is 0.294 e. The van der Waals surface area contributed by atoms with Crippen molar-refractivity contribution in [1.82, 2.24) is 0 Å². The molecule has 2 saturated heterocycles. The van der Waals surface area contributed by atoms with Crippen LogP contribution in [0.2, 0.25) is 0 Å². The summed E-state index contributed by atoms with van der Waals surface area (Å²) in [4.78, 5) is 12.7. The summed E-state index contributed by atoms with van der Waals surface area (Å²) in [6, 6.07) is 7.82. The average molecular weight is 320 g/mol. The summed E-state index contributed by atoms with van der Waals surface area (Å²) in [7, 11) is -2.96. The van der Waals surface area contributed by atoms with Gasteiger partial charge >= 0.3 is 0 Å². The Morgan fingerprint density at radius 2 is 1.50 bits per heavy atom. The van der Waals surface area contributed by atoms with Gasteiger partial charge in [-0.1, -0.05) is 45.0 Å². The number of rotatable bonds is 2. The summed E-state index contributed by atoms with van der Waals surface area (Å²) in [6.45, 7) is 6.44. The maximum absolute atomic E-state index is 12.7. The fourth-order valence-electron chi connectivity index (χ4n) is 3.79. The molecular formula is C18H24O3S. The molecule has 2 atom stereocenters. The van der Waals surface area contributed by atoms with Crippen molar-refractivity contribution in [2.45, 2.75) is 62.4 Å². The van der Waals surface area contributed by atoms with E-state index < -0.39 is 9.84 Å². The van der Waals surface area contributed by atoms with E-state index >= 15 is 0 Å². The fraction of sp³-hybridized carbons (Fsp3) is 0.611. The molecule has 0 aromatic heterocycles. The Balaban J connectivity index is 1.78. The Hall–Kier alpha value is -1.16. The number of benzene rings is 1. The van der Waals surface area contributed by atoms with Gasteiger partial charge in [0.05, 0.1) is 10.5 Å². The van der Waals surface area contributed by atoms with Crippen LogP contribution >= 0.6 is 0 Å². The summed E-state index contributed by atoms with van der Waals surface area (Å²) >= 11 is 0. The zero-order valence-corrected chi connectivity index (χ0v) is 14.3. The van der Waals surface area contributed by atoms with Gasteiger partial charge in [0.25, 0.3) is 0 Å². The van der Waals surface area contributed by atoms with E-state index in [-0.39, 0.29) is 27.6 Å². The summed E-state index contributed by atoms with van der Waals surface area (Å²) in [5, 5.41) is -0.567. The highest BCUT2D eigenvalue weighted by molar-refractivity contribution is 7.93. The Morgan fingerprint density at radius 1 is 1.00 bits per heavy atom. The molecule has 0 spiro atoms. The standard InChI is InChI=1S/C18H24O3S/c1-18(2,3)14-6-4-12(5-7-14)17(19)13-10-15-8-9-16(11-13)22(15,20)21/h4-7,13,15-16H,8-11H2,1-3H3. The monoisotopic (exact) mass is 320 g/mol. The Bertz CT molecular complexity index is 660. The van der Waals surface area contributed by atoms with E-state index in [1.807, 2.05) is 24.3 Å². The first-order valence-corrected chi connectivity index (χ1v) is 9.68. The van der Waals surface area contributed by atoms with Gasteiger partial charge in [0.15, 0.2) is 15.6 Å². The highest BCUT2D eigenvalue weighted by Crippen LogP contribution is 2.42. The van der Waals surface area contributed by atoms with Crippen molar-refractivity contribution in [3.8, 4) is 0 Å². The number of Topliss-reactive ketones (excluding diaryl/α,β-unsaturated/α-hetero) is 1. The molecule has 0 saturated carbocycles. The van der Waals surface area contributed by atoms with Crippen molar-refractivity contribution in [1.29, 1.82) is 0 Å². The molecule has 1 aromatic carbocycles. The number of carbonyl (C=O) groups excluding carboxylic acids is 1. The first-order chi connectivity index (χ1) is 10.2. The van der Waals surface area contributed by atoms with Gasteiger partial charge in [-0.05, 0) is 36.7 Å². The third-order valence-electron chi connectivity index (χ3n) is 5.24. The van der Waals surface area contributed by atoms with Crippen LogP contribution in [-0.2, 0) is 15.3 Å². The van der Waals surface area contributed by atoms with Gasteiger partial charge in [-0.3, -0.25) is 4.79 Å². The van der Waals surface area contributed by atoms with E-state index in [2.05, 4.69) is 20.8 Å². The molecule has 1 aromatic rings. The van der Waals surface area contributed by atoms with E-state index in [4.69, 9.17) is 0 Å². The fourth-order valence-corrected chi connectivity index (χ4v) is 6.27. The van der Waals surface area contributed by atoms with Gasteiger partial charge in [-0.2, -0.15) is 0 Å². The number of fused-ring (bicyclic) bond motifs is 2. The van der Waals surface area contributed by atoms with Gasteiger partial charge in [0, 0.05) is 11.5 Å². The Labute approximate surface area is 133 Å². The first-order valence-electron chi connectivity index (χ1n) is 8.07. The van der Waals surface area contributed by atoms with Crippen LogP contribution in [0.15, 0.2) is 24.3 Å². The molecule has 0 radical (unpaired) electrons. The topological polar surface area (TPSA) is 51.2 Å². The zero-order valence-electron chi connectivity index (χ0n) is 13.5. The van der Waals surface area contributed by atoms with Crippen molar-refractivity contribution in [3.63, 3.8) is 0 Å². The van der Waals surface area contributed by atoms with Crippen LogP contribution in [0, 0.1) is 5.92 Å². The molecule has 3 nitrogen and oxygen atoms in total. The molecule has 0 amide bonds. The highest BCUT2D eigenvalue weighted by atomic mass is 32.2. The van der Waals surface area contributed by atoms with Crippen molar-refractivity contribution in [2.75, 3.05) is 0 Å². The molecule has 22 heavy (non-hydrogen) atoms. The summed E-state index contributed by atoms with van der Waals surface area (Å²) in [5.74, 6) is -0.00577. The SMILES string of the molecule is CC(C)(C)c1ccc(C(=O)C2CC3CCC(C2)S3(=O)=O)cc1. The number of carbonyl (C=O) groups is 1. The van der Waals surface area contributed by atoms with Crippen molar-refractivity contribution in [3.05, 3.63) is 35.4 Å². The lowest BCUT2D eigenvalue weighted by Gasteiger charge is -2.27. The smallest absolute Gasteiger partial charge is 0.166 e. The third kappa shape index (κ3) is 2.62. The molecule has 2 bridgehead atoms. The normalized spacial score (nSPS) is 30.2. The summed E-state index contributed by atoms with van der Waals surface area (Å²) in [5.41, 5.74) is 1.99. The lowest BCUT2D eigenvalue weighted by Crippen LogP contribution is -2.36. The van der Waals surface area contributed by atoms with Crippen LogP contribution in [0.3, 0.4) is 0 Å². The summed E-state index contributed by atoms with van der Waals surface area (Å²) in [6.07, 6.45) is 2.50. The van der Waals surface area contributed by atoms with Gasteiger partial charge in [-0.15, -0.1) is 0 Å². The molecular weight excluding hydrogens is 296 g/mol. The lowest BCUT2D eigenvalue weighted by molar-refractivity contribution is 0.0905. The number of sulfone groups is 1. The van der Waals surface area contributed by atoms with Gasteiger partial charge < -0.3 is 0 Å². The predicted molar refractivity (Wildman–Crippen MR) is 87.9 cm³/mol. The first kappa shape index (κ1) is 15.7. The second-order valence-corrected chi connectivity index (χ2v) is 10.3.